The number of anilines is 1. The molecule has 19 heavy (non-hydrogen) atoms. The molecule has 1 amide bonds. The number of rotatable bonds is 2. The van der Waals surface area contributed by atoms with Gasteiger partial charge >= 0.3 is 6.09 Å². The third-order valence-corrected chi connectivity index (χ3v) is 3.31. The van der Waals surface area contributed by atoms with E-state index >= 15 is 0 Å². The highest BCUT2D eigenvalue weighted by Crippen LogP contribution is 2.28. The first kappa shape index (κ1) is 14.1. The van der Waals surface area contributed by atoms with Crippen molar-refractivity contribution in [3.8, 4) is 0 Å². The molecule has 1 aromatic heterocycles. The topological polar surface area (TPSA) is 54.5 Å². The Balaban J connectivity index is 1.81. The number of aromatic nitrogens is 1. The fourth-order valence-corrected chi connectivity index (χ4v) is 2.37. The first-order valence-corrected chi connectivity index (χ1v) is 6.98. The minimum Gasteiger partial charge on any atom is -0.444 e. The molecule has 0 aliphatic carbocycles. The largest absolute Gasteiger partial charge is 0.444 e. The number of hydrogen-bond acceptors (Lipinski definition) is 4. The van der Waals surface area contributed by atoms with Gasteiger partial charge in [0.25, 0.3) is 0 Å². The van der Waals surface area contributed by atoms with Crippen LogP contribution in [0.25, 0.3) is 0 Å². The lowest BCUT2D eigenvalue weighted by Crippen LogP contribution is -2.60. The first-order valence-electron chi connectivity index (χ1n) is 6.19. The van der Waals surface area contributed by atoms with Crippen molar-refractivity contribution in [2.75, 3.05) is 18.0 Å². The van der Waals surface area contributed by atoms with Gasteiger partial charge in [0.1, 0.15) is 5.60 Å². The van der Waals surface area contributed by atoms with E-state index < -0.39 is 5.60 Å². The van der Waals surface area contributed by atoms with Gasteiger partial charge in [-0.25, -0.2) is 4.79 Å². The fraction of sp³-hybridized carbons (Fsp3) is 0.538. The minimum absolute atomic E-state index is 0.134. The van der Waals surface area contributed by atoms with Crippen LogP contribution >= 0.6 is 15.9 Å². The zero-order chi connectivity index (χ0) is 14.0. The Bertz CT molecular complexity index is 467. The molecule has 2 rings (SSSR count). The number of nitrogens with one attached hydrogen (secondary N) is 1. The maximum atomic E-state index is 11.6. The van der Waals surface area contributed by atoms with Crippen LogP contribution < -0.4 is 10.2 Å². The van der Waals surface area contributed by atoms with Crippen molar-refractivity contribution in [3.63, 3.8) is 0 Å². The normalized spacial score (nSPS) is 15.9. The fourth-order valence-electron chi connectivity index (χ4n) is 1.87. The number of carbonyl (C=O) groups excluding carboxylic acids is 1. The lowest BCUT2D eigenvalue weighted by molar-refractivity contribution is 0.0496. The Labute approximate surface area is 121 Å². The van der Waals surface area contributed by atoms with Gasteiger partial charge in [-0.2, -0.15) is 0 Å². The average Bonchev–Trinajstić information content (AvgIpc) is 2.22. The summed E-state index contributed by atoms with van der Waals surface area (Å²) in [6, 6.07) is 2.09. The Kier molecular flexibility index (Phi) is 3.99. The van der Waals surface area contributed by atoms with Crippen LogP contribution in [0.15, 0.2) is 22.9 Å². The highest BCUT2D eigenvalue weighted by molar-refractivity contribution is 9.10. The highest BCUT2D eigenvalue weighted by atomic mass is 79.9. The third kappa shape index (κ3) is 3.83. The lowest BCUT2D eigenvalue weighted by Gasteiger charge is -2.41. The summed E-state index contributed by atoms with van der Waals surface area (Å²) in [6.07, 6.45) is 3.17. The zero-order valence-electron chi connectivity index (χ0n) is 11.3. The second-order valence-corrected chi connectivity index (χ2v) is 6.43. The van der Waals surface area contributed by atoms with Crippen molar-refractivity contribution in [2.45, 2.75) is 32.4 Å². The van der Waals surface area contributed by atoms with Gasteiger partial charge in [0.2, 0.25) is 0 Å². The quantitative estimate of drug-likeness (QED) is 0.907. The molecule has 6 heteroatoms. The summed E-state index contributed by atoms with van der Waals surface area (Å²) in [6.45, 7) is 7.12. The van der Waals surface area contributed by atoms with E-state index in [-0.39, 0.29) is 12.1 Å². The van der Waals surface area contributed by atoms with Crippen LogP contribution in [0.4, 0.5) is 10.5 Å². The van der Waals surface area contributed by atoms with Gasteiger partial charge in [0.15, 0.2) is 0 Å². The van der Waals surface area contributed by atoms with Gasteiger partial charge in [-0.05, 0) is 42.8 Å². The van der Waals surface area contributed by atoms with Crippen LogP contribution in [0.1, 0.15) is 20.8 Å². The molecule has 1 aromatic rings. The van der Waals surface area contributed by atoms with Crippen LogP contribution in [-0.2, 0) is 4.74 Å². The monoisotopic (exact) mass is 327 g/mol. The van der Waals surface area contributed by atoms with Gasteiger partial charge in [-0.1, -0.05) is 0 Å². The summed E-state index contributed by atoms with van der Waals surface area (Å²) < 4.78 is 6.18. The van der Waals surface area contributed by atoms with E-state index in [9.17, 15) is 4.79 Å². The number of ether oxygens (including phenoxy) is 1. The molecule has 1 aliphatic rings. The van der Waals surface area contributed by atoms with Crippen LogP contribution in [0, 0.1) is 0 Å². The number of carbonyl (C=O) groups is 1. The predicted octanol–water partition coefficient (Wildman–Crippen LogP) is 2.56. The molecule has 0 unspecified atom stereocenters. The molecule has 1 N–H and O–H groups in total. The molecule has 1 aliphatic heterocycles. The molecule has 1 saturated heterocycles. The van der Waals surface area contributed by atoms with Crippen LogP contribution in [-0.4, -0.2) is 35.8 Å². The van der Waals surface area contributed by atoms with Crippen molar-refractivity contribution in [2.24, 2.45) is 0 Å². The number of nitrogens with zero attached hydrogens (tertiary/aromatic N) is 2. The Morgan fingerprint density at radius 3 is 2.79 bits per heavy atom. The van der Waals surface area contributed by atoms with Crippen LogP contribution in [0.5, 0.6) is 0 Å². The summed E-state index contributed by atoms with van der Waals surface area (Å²) >= 11 is 3.47. The van der Waals surface area contributed by atoms with Crippen molar-refractivity contribution in [3.05, 3.63) is 22.9 Å². The second kappa shape index (κ2) is 5.36. The molecule has 0 spiro atoms. The third-order valence-electron chi connectivity index (χ3n) is 2.69. The summed E-state index contributed by atoms with van der Waals surface area (Å²) in [4.78, 5) is 17.8. The van der Waals surface area contributed by atoms with E-state index in [1.54, 1.807) is 12.4 Å². The number of hydrogen-bond donors (Lipinski definition) is 1. The molecule has 1 fully saturated rings. The van der Waals surface area contributed by atoms with Crippen LogP contribution in [0.2, 0.25) is 0 Å². The van der Waals surface area contributed by atoms with Gasteiger partial charge < -0.3 is 15.0 Å². The molecule has 0 radical (unpaired) electrons. The molecule has 104 valence electrons. The lowest BCUT2D eigenvalue weighted by atomic mass is 10.1. The van der Waals surface area contributed by atoms with Crippen LogP contribution in [0.3, 0.4) is 0 Å². The van der Waals surface area contributed by atoms with E-state index in [2.05, 4.69) is 31.1 Å². The van der Waals surface area contributed by atoms with Crippen molar-refractivity contribution >= 4 is 27.7 Å². The number of halogens is 1. The van der Waals surface area contributed by atoms with Gasteiger partial charge in [-0.3, -0.25) is 4.98 Å². The van der Waals surface area contributed by atoms with Gasteiger partial charge in [0, 0.05) is 25.5 Å². The minimum atomic E-state index is -0.457. The van der Waals surface area contributed by atoms with Gasteiger partial charge in [0.05, 0.1) is 16.2 Å². The average molecular weight is 328 g/mol. The molecule has 0 saturated carbocycles. The van der Waals surface area contributed by atoms with E-state index in [0.29, 0.717) is 0 Å². The molecule has 0 atom stereocenters. The second-order valence-electron chi connectivity index (χ2n) is 5.58. The zero-order valence-corrected chi connectivity index (χ0v) is 12.9. The van der Waals surface area contributed by atoms with E-state index in [0.717, 1.165) is 23.2 Å². The summed E-state index contributed by atoms with van der Waals surface area (Å²) in [7, 11) is 0. The number of amides is 1. The standard InChI is InChI=1S/C13H18BrN3O2/c1-13(2,3)19-12(18)16-9-7-17(8-9)11-4-5-15-6-10(11)14/h4-6,9H,7-8H2,1-3H3,(H,16,18). The number of alkyl carbamates (subject to hydrolysis) is 1. The molecule has 5 nitrogen and oxygen atoms in total. The van der Waals surface area contributed by atoms with Crippen molar-refractivity contribution < 1.29 is 9.53 Å². The highest BCUT2D eigenvalue weighted by Gasteiger charge is 2.30. The molecule has 0 aromatic carbocycles. The predicted molar refractivity (Wildman–Crippen MR) is 77.3 cm³/mol. The maximum Gasteiger partial charge on any atom is 0.407 e. The molecule has 2 heterocycles. The Morgan fingerprint density at radius 2 is 2.21 bits per heavy atom. The molecule has 0 bridgehead atoms. The number of pyridine rings is 1. The van der Waals surface area contributed by atoms with Gasteiger partial charge in [-0.15, -0.1) is 0 Å². The van der Waals surface area contributed by atoms with Crippen molar-refractivity contribution in [1.29, 1.82) is 0 Å². The summed E-state index contributed by atoms with van der Waals surface area (Å²) in [5.41, 5.74) is 0.638. The Hall–Kier alpha value is -1.30. The van der Waals surface area contributed by atoms with E-state index in [4.69, 9.17) is 4.74 Å². The maximum absolute atomic E-state index is 11.6. The summed E-state index contributed by atoms with van der Waals surface area (Å²) in [5.74, 6) is 0. The van der Waals surface area contributed by atoms with E-state index in [1.807, 2.05) is 26.8 Å². The molecular weight excluding hydrogens is 310 g/mol. The summed E-state index contributed by atoms with van der Waals surface area (Å²) in [5, 5.41) is 2.86. The van der Waals surface area contributed by atoms with E-state index in [1.165, 1.54) is 0 Å². The molecular formula is C13H18BrN3O2. The SMILES string of the molecule is CC(C)(C)OC(=O)NC1CN(c2ccncc2Br)C1. The first-order chi connectivity index (χ1) is 8.85. The Morgan fingerprint density at radius 1 is 1.53 bits per heavy atom. The van der Waals surface area contributed by atoms with Crippen molar-refractivity contribution in [1.82, 2.24) is 10.3 Å². The smallest absolute Gasteiger partial charge is 0.407 e.